The highest BCUT2D eigenvalue weighted by atomic mass is 16.5. The Kier molecular flexibility index (Phi) is 22.7. The maximum Gasteiger partial charge on any atom is 0.332 e. The van der Waals surface area contributed by atoms with E-state index in [0.29, 0.717) is 12.2 Å². The number of methoxy groups -OCH3 is 1. The maximum absolute atomic E-state index is 10.3. The van der Waals surface area contributed by atoms with Gasteiger partial charge in [0.2, 0.25) is 0 Å². The van der Waals surface area contributed by atoms with Crippen molar-refractivity contribution < 1.29 is 29.0 Å². The molecule has 1 saturated heterocycles. The molecule has 1 heterocycles. The van der Waals surface area contributed by atoms with Crippen LogP contribution in [0.1, 0.15) is 26.7 Å². The zero-order valence-electron chi connectivity index (χ0n) is 14.8. The summed E-state index contributed by atoms with van der Waals surface area (Å²) < 4.78 is 8.95. The summed E-state index contributed by atoms with van der Waals surface area (Å²) in [6, 6.07) is 0. The highest BCUT2D eigenvalue weighted by Gasteiger charge is 1.95. The van der Waals surface area contributed by atoms with Crippen LogP contribution >= 0.6 is 0 Å². The molecule has 1 fully saturated rings. The topological polar surface area (TPSA) is 112 Å². The molecule has 1 aliphatic heterocycles. The van der Waals surface area contributed by atoms with Crippen molar-refractivity contribution >= 4 is 17.9 Å². The number of carboxylic acids is 1. The van der Waals surface area contributed by atoms with Crippen molar-refractivity contribution in [3.63, 3.8) is 0 Å². The van der Waals surface area contributed by atoms with Gasteiger partial charge in [-0.1, -0.05) is 33.1 Å². The molecule has 0 bridgehead atoms. The standard InChI is InChI=1S/C7H12O2.C5H8O2.C3H4O2.C2H5N/c1-3-5-6-9-7(8)4-2;1-4(2)5(6)7-3;1-2-3(4)5;1-2-3-1/h4H,2-3,5-6H2,1H3;1H2,2-3H3;2H,1H2,(H,4,5);3H,1-2H2. The molecule has 0 spiro atoms. The van der Waals surface area contributed by atoms with Gasteiger partial charge in [0.25, 0.3) is 0 Å². The minimum atomic E-state index is -0.981. The Morgan fingerprint density at radius 3 is 1.83 bits per heavy atom. The summed E-state index contributed by atoms with van der Waals surface area (Å²) in [4.78, 5) is 29.8. The quantitative estimate of drug-likeness (QED) is 0.329. The number of nitrogens with one attached hydrogen (secondary N) is 1. The lowest BCUT2D eigenvalue weighted by atomic mass is 10.4. The van der Waals surface area contributed by atoms with E-state index >= 15 is 0 Å². The van der Waals surface area contributed by atoms with E-state index in [0.717, 1.165) is 18.9 Å². The normalized spacial score (nSPS) is 9.79. The third-order valence-electron chi connectivity index (χ3n) is 1.87. The Morgan fingerprint density at radius 2 is 1.67 bits per heavy atom. The Hall–Kier alpha value is -2.41. The number of carbonyl (C=O) groups is 3. The highest BCUT2D eigenvalue weighted by Crippen LogP contribution is 1.88. The lowest BCUT2D eigenvalue weighted by Gasteiger charge is -1.97. The molecule has 0 unspecified atom stereocenters. The molecule has 138 valence electrons. The van der Waals surface area contributed by atoms with Crippen LogP contribution in [0, 0.1) is 0 Å². The molecule has 7 nitrogen and oxygen atoms in total. The number of hydrogen-bond donors (Lipinski definition) is 2. The molecular weight excluding hydrogens is 314 g/mol. The molecule has 0 radical (unpaired) electrons. The Bertz CT molecular complexity index is 399. The number of carboxylic acid groups (broad SMARTS) is 1. The first-order valence-electron chi connectivity index (χ1n) is 7.35. The fraction of sp³-hybridized carbons (Fsp3) is 0.471. The van der Waals surface area contributed by atoms with E-state index in [-0.39, 0.29) is 11.9 Å². The second-order valence-corrected chi connectivity index (χ2v) is 4.29. The predicted molar refractivity (Wildman–Crippen MR) is 93.6 cm³/mol. The summed E-state index contributed by atoms with van der Waals surface area (Å²) in [5.74, 6) is -1.66. The number of ether oxygens (including phenoxy) is 2. The second kappa shape index (κ2) is 20.6. The van der Waals surface area contributed by atoms with Crippen molar-refractivity contribution in [2.45, 2.75) is 26.7 Å². The van der Waals surface area contributed by atoms with Gasteiger partial charge in [0, 0.05) is 30.8 Å². The van der Waals surface area contributed by atoms with Crippen molar-refractivity contribution in [2.24, 2.45) is 0 Å². The van der Waals surface area contributed by atoms with Gasteiger partial charge in [-0.15, -0.1) is 0 Å². The van der Waals surface area contributed by atoms with Crippen LogP contribution < -0.4 is 5.32 Å². The van der Waals surface area contributed by atoms with Crippen molar-refractivity contribution in [3.8, 4) is 0 Å². The summed E-state index contributed by atoms with van der Waals surface area (Å²) in [6.45, 7) is 16.2. The maximum atomic E-state index is 10.3. The number of unbranched alkanes of at least 4 members (excludes halogenated alkanes) is 1. The van der Waals surface area contributed by atoms with Crippen molar-refractivity contribution in [2.75, 3.05) is 26.8 Å². The number of esters is 2. The van der Waals surface area contributed by atoms with Crippen molar-refractivity contribution in [1.82, 2.24) is 5.32 Å². The van der Waals surface area contributed by atoms with E-state index in [4.69, 9.17) is 5.11 Å². The molecule has 2 N–H and O–H groups in total. The molecule has 0 aromatic rings. The van der Waals surface area contributed by atoms with Crippen LogP contribution in [0.25, 0.3) is 0 Å². The smallest absolute Gasteiger partial charge is 0.332 e. The van der Waals surface area contributed by atoms with E-state index in [1.807, 2.05) is 6.92 Å². The van der Waals surface area contributed by atoms with Crippen LogP contribution in [0.3, 0.4) is 0 Å². The minimum Gasteiger partial charge on any atom is -0.478 e. The first kappa shape index (κ1) is 26.5. The van der Waals surface area contributed by atoms with E-state index in [1.165, 1.54) is 26.3 Å². The molecule has 0 aromatic carbocycles. The van der Waals surface area contributed by atoms with Crippen LogP contribution in [-0.2, 0) is 23.9 Å². The van der Waals surface area contributed by atoms with Gasteiger partial charge < -0.3 is 19.9 Å². The Labute approximate surface area is 144 Å². The molecule has 0 atom stereocenters. The molecule has 7 heteroatoms. The Balaban J connectivity index is -0.000000260. The third-order valence-corrected chi connectivity index (χ3v) is 1.87. The molecule has 24 heavy (non-hydrogen) atoms. The first-order chi connectivity index (χ1) is 11.3. The van der Waals surface area contributed by atoms with Crippen LogP contribution in [0.5, 0.6) is 0 Å². The SMILES string of the molecule is C1CN1.C=C(C)C(=O)OC.C=CC(=O)O.C=CC(=O)OCCCC. The third kappa shape index (κ3) is 36.7. The van der Waals surface area contributed by atoms with E-state index in [9.17, 15) is 14.4 Å². The number of rotatable bonds is 6. The van der Waals surface area contributed by atoms with Crippen molar-refractivity contribution in [3.05, 3.63) is 37.5 Å². The lowest BCUT2D eigenvalue weighted by molar-refractivity contribution is -0.138. The molecule has 1 rings (SSSR count). The Morgan fingerprint density at radius 1 is 1.21 bits per heavy atom. The molecule has 0 amide bonds. The van der Waals surface area contributed by atoms with Gasteiger partial charge in [-0.3, -0.25) is 0 Å². The average molecular weight is 343 g/mol. The van der Waals surface area contributed by atoms with Gasteiger partial charge in [0.15, 0.2) is 0 Å². The summed E-state index contributed by atoms with van der Waals surface area (Å²) in [5.41, 5.74) is 0.433. The second-order valence-electron chi connectivity index (χ2n) is 4.29. The lowest BCUT2D eigenvalue weighted by Crippen LogP contribution is -2.00. The van der Waals surface area contributed by atoms with Crippen LogP contribution in [0.15, 0.2) is 37.5 Å². The fourth-order valence-corrected chi connectivity index (χ4v) is 0.550. The van der Waals surface area contributed by atoms with Gasteiger partial charge in [-0.05, 0) is 13.3 Å². The predicted octanol–water partition coefficient (Wildman–Crippen LogP) is 2.10. The van der Waals surface area contributed by atoms with Gasteiger partial charge in [-0.25, -0.2) is 14.4 Å². The van der Waals surface area contributed by atoms with Gasteiger partial charge in [0.1, 0.15) is 0 Å². The number of aliphatic carboxylic acids is 1. The average Bonchev–Trinajstić information content (AvgIpc) is 3.44. The molecule has 0 saturated carbocycles. The van der Waals surface area contributed by atoms with Crippen molar-refractivity contribution in [1.29, 1.82) is 0 Å². The van der Waals surface area contributed by atoms with Crippen LogP contribution in [-0.4, -0.2) is 49.8 Å². The summed E-state index contributed by atoms with van der Waals surface area (Å²) >= 11 is 0. The number of carbonyl (C=O) groups excluding carboxylic acids is 2. The van der Waals surface area contributed by atoms with Crippen LogP contribution in [0.4, 0.5) is 0 Å². The molecule has 0 aromatic heterocycles. The van der Waals surface area contributed by atoms with Gasteiger partial charge >= 0.3 is 17.9 Å². The highest BCUT2D eigenvalue weighted by molar-refractivity contribution is 5.86. The molecule has 1 aliphatic rings. The monoisotopic (exact) mass is 343 g/mol. The number of hydrogen-bond acceptors (Lipinski definition) is 6. The van der Waals surface area contributed by atoms with Crippen LogP contribution in [0.2, 0.25) is 0 Å². The summed E-state index contributed by atoms with van der Waals surface area (Å²) in [6.07, 6.45) is 3.99. The first-order valence-corrected chi connectivity index (χ1v) is 7.35. The zero-order chi connectivity index (χ0) is 19.4. The van der Waals surface area contributed by atoms with E-state index in [2.05, 4.69) is 34.5 Å². The van der Waals surface area contributed by atoms with E-state index < -0.39 is 5.97 Å². The van der Waals surface area contributed by atoms with Gasteiger partial charge in [-0.2, -0.15) is 0 Å². The van der Waals surface area contributed by atoms with Gasteiger partial charge in [0.05, 0.1) is 13.7 Å². The summed E-state index contributed by atoms with van der Waals surface area (Å²) in [7, 11) is 1.33. The minimum absolute atomic E-state index is 0.330. The van der Waals surface area contributed by atoms with E-state index in [1.54, 1.807) is 6.92 Å². The summed E-state index contributed by atoms with van der Waals surface area (Å²) in [5, 5.41) is 10.6. The largest absolute Gasteiger partial charge is 0.478 e. The fourth-order valence-electron chi connectivity index (χ4n) is 0.550. The molecule has 0 aliphatic carbocycles. The zero-order valence-corrected chi connectivity index (χ0v) is 14.8. The molecular formula is C17H29NO6.